The molecule has 0 aliphatic carbocycles. The van der Waals surface area contributed by atoms with E-state index in [0.29, 0.717) is 17.5 Å². The summed E-state index contributed by atoms with van der Waals surface area (Å²) in [6, 6.07) is 1.86. The van der Waals surface area contributed by atoms with E-state index in [2.05, 4.69) is 20.2 Å². The minimum Gasteiger partial charge on any atom is -0.481 e. The van der Waals surface area contributed by atoms with E-state index in [1.165, 1.54) is 6.33 Å². The van der Waals surface area contributed by atoms with Crippen molar-refractivity contribution in [2.75, 3.05) is 12.8 Å². The molecular formula is C12H12N6O. The summed E-state index contributed by atoms with van der Waals surface area (Å²) in [5, 5.41) is 7.93. The Balaban J connectivity index is 2.25. The van der Waals surface area contributed by atoms with Crippen LogP contribution in [0.3, 0.4) is 0 Å². The molecule has 2 N–H and O–H groups in total. The van der Waals surface area contributed by atoms with E-state index in [1.807, 2.05) is 13.0 Å². The van der Waals surface area contributed by atoms with Crippen LogP contribution < -0.4 is 10.5 Å². The number of pyridine rings is 1. The smallest absolute Gasteiger partial charge is 0.213 e. The summed E-state index contributed by atoms with van der Waals surface area (Å²) in [5.74, 6) is 0.921. The quantitative estimate of drug-likeness (QED) is 0.737. The first-order valence-electron chi connectivity index (χ1n) is 5.66. The Morgan fingerprint density at radius 3 is 2.74 bits per heavy atom. The Hall–Kier alpha value is -2.70. The van der Waals surface area contributed by atoms with Gasteiger partial charge >= 0.3 is 0 Å². The van der Waals surface area contributed by atoms with Gasteiger partial charge in [-0.15, -0.1) is 10.2 Å². The number of rotatable bonds is 2. The molecule has 0 unspecified atom stereocenters. The van der Waals surface area contributed by atoms with Crippen LogP contribution in [-0.2, 0) is 0 Å². The molecule has 0 radical (unpaired) electrons. The highest BCUT2D eigenvalue weighted by Gasteiger charge is 2.12. The molecule has 3 heterocycles. The number of aromatic nitrogens is 5. The number of nitrogens with zero attached hydrogens (tertiary/aromatic N) is 5. The average Bonchev–Trinajstić information content (AvgIpc) is 2.90. The minimum atomic E-state index is 0.350. The number of nitrogens with two attached hydrogens (primary N) is 1. The molecule has 0 saturated heterocycles. The lowest BCUT2D eigenvalue weighted by Gasteiger charge is -2.08. The standard InChI is InChI=1S/C12H12N6O/c1-7-3-10(19-2)14-4-8(7)9-5-15-12(13)18-6-16-17-11(9)18/h3-6H,1-2H3,(H2,13,15). The van der Waals surface area contributed by atoms with Gasteiger partial charge in [-0.2, -0.15) is 0 Å². The molecule has 3 aromatic heterocycles. The number of fused-ring (bicyclic) bond motifs is 1. The fourth-order valence-corrected chi connectivity index (χ4v) is 1.95. The van der Waals surface area contributed by atoms with Gasteiger partial charge in [0, 0.05) is 29.6 Å². The molecule has 0 aliphatic heterocycles. The van der Waals surface area contributed by atoms with Crippen molar-refractivity contribution in [3.05, 3.63) is 30.4 Å². The zero-order chi connectivity index (χ0) is 13.4. The Kier molecular flexibility index (Phi) is 2.52. The Morgan fingerprint density at radius 1 is 1.21 bits per heavy atom. The van der Waals surface area contributed by atoms with Gasteiger partial charge in [-0.1, -0.05) is 0 Å². The zero-order valence-corrected chi connectivity index (χ0v) is 10.5. The van der Waals surface area contributed by atoms with Gasteiger partial charge in [-0.25, -0.2) is 9.97 Å². The molecule has 0 aromatic carbocycles. The van der Waals surface area contributed by atoms with E-state index in [0.717, 1.165) is 16.7 Å². The zero-order valence-electron chi connectivity index (χ0n) is 10.5. The van der Waals surface area contributed by atoms with Crippen LogP contribution in [0, 0.1) is 6.92 Å². The first-order valence-corrected chi connectivity index (χ1v) is 5.66. The molecule has 96 valence electrons. The predicted octanol–water partition coefficient (Wildman–Crippen LogP) is 1.09. The number of aryl methyl sites for hydroxylation is 1. The van der Waals surface area contributed by atoms with Gasteiger partial charge in [0.1, 0.15) is 6.33 Å². The molecule has 0 saturated carbocycles. The first-order chi connectivity index (χ1) is 9.20. The Bertz CT molecular complexity index is 751. The van der Waals surface area contributed by atoms with Gasteiger partial charge in [0.25, 0.3) is 0 Å². The molecule has 3 aromatic rings. The maximum absolute atomic E-state index is 5.77. The molecule has 3 rings (SSSR count). The molecule has 7 nitrogen and oxygen atoms in total. The summed E-state index contributed by atoms with van der Waals surface area (Å²) < 4.78 is 6.74. The second kappa shape index (κ2) is 4.20. The minimum absolute atomic E-state index is 0.350. The number of ether oxygens (including phenoxy) is 1. The third-order valence-corrected chi connectivity index (χ3v) is 2.95. The molecule has 0 amide bonds. The van der Waals surface area contributed by atoms with Gasteiger partial charge in [0.15, 0.2) is 5.65 Å². The number of nitrogen functional groups attached to an aromatic ring is 1. The van der Waals surface area contributed by atoms with Crippen LogP contribution in [0.2, 0.25) is 0 Å². The van der Waals surface area contributed by atoms with Crippen LogP contribution in [0.4, 0.5) is 5.95 Å². The highest BCUT2D eigenvalue weighted by molar-refractivity contribution is 5.79. The number of hydrogen-bond acceptors (Lipinski definition) is 6. The van der Waals surface area contributed by atoms with Crippen LogP contribution in [0.5, 0.6) is 5.88 Å². The largest absolute Gasteiger partial charge is 0.481 e. The maximum Gasteiger partial charge on any atom is 0.213 e. The van der Waals surface area contributed by atoms with Crippen molar-refractivity contribution in [3.63, 3.8) is 0 Å². The van der Waals surface area contributed by atoms with Crippen molar-refractivity contribution in [1.29, 1.82) is 0 Å². The monoisotopic (exact) mass is 256 g/mol. The van der Waals surface area contributed by atoms with Crippen molar-refractivity contribution in [2.45, 2.75) is 6.92 Å². The molecule has 7 heteroatoms. The number of methoxy groups -OCH3 is 1. The lowest BCUT2D eigenvalue weighted by molar-refractivity contribution is 0.397. The van der Waals surface area contributed by atoms with E-state index in [-0.39, 0.29) is 0 Å². The molecule has 0 bridgehead atoms. The maximum atomic E-state index is 5.77. The van der Waals surface area contributed by atoms with Gasteiger partial charge in [0.2, 0.25) is 11.8 Å². The fourth-order valence-electron chi connectivity index (χ4n) is 1.95. The molecular weight excluding hydrogens is 244 g/mol. The van der Waals surface area contributed by atoms with E-state index in [4.69, 9.17) is 10.5 Å². The van der Waals surface area contributed by atoms with Crippen molar-refractivity contribution in [3.8, 4) is 17.0 Å². The van der Waals surface area contributed by atoms with Crippen LogP contribution in [0.15, 0.2) is 24.8 Å². The molecule has 0 aliphatic rings. The Morgan fingerprint density at radius 2 is 2.00 bits per heavy atom. The second-order valence-electron chi connectivity index (χ2n) is 4.10. The normalized spacial score (nSPS) is 10.8. The highest BCUT2D eigenvalue weighted by atomic mass is 16.5. The summed E-state index contributed by atoms with van der Waals surface area (Å²) in [6.45, 7) is 1.97. The van der Waals surface area contributed by atoms with Crippen molar-refractivity contribution in [1.82, 2.24) is 24.6 Å². The number of anilines is 1. The van der Waals surface area contributed by atoms with E-state index in [9.17, 15) is 0 Å². The summed E-state index contributed by atoms with van der Waals surface area (Å²) in [7, 11) is 1.59. The van der Waals surface area contributed by atoms with Crippen LogP contribution in [0.1, 0.15) is 5.56 Å². The molecule has 0 fully saturated rings. The third-order valence-electron chi connectivity index (χ3n) is 2.95. The van der Waals surface area contributed by atoms with Crippen LogP contribution >= 0.6 is 0 Å². The lowest BCUT2D eigenvalue weighted by Crippen LogP contribution is -2.01. The molecule has 0 atom stereocenters. The summed E-state index contributed by atoms with van der Waals surface area (Å²) in [4.78, 5) is 8.35. The summed E-state index contributed by atoms with van der Waals surface area (Å²) in [5.41, 5.74) is 9.19. The van der Waals surface area contributed by atoms with Crippen LogP contribution in [-0.4, -0.2) is 31.7 Å². The number of hydrogen-bond donors (Lipinski definition) is 1. The second-order valence-corrected chi connectivity index (χ2v) is 4.10. The van der Waals surface area contributed by atoms with E-state index < -0.39 is 0 Å². The summed E-state index contributed by atoms with van der Waals surface area (Å²) in [6.07, 6.45) is 4.94. The van der Waals surface area contributed by atoms with Gasteiger partial charge in [-0.3, -0.25) is 4.40 Å². The van der Waals surface area contributed by atoms with E-state index in [1.54, 1.807) is 23.9 Å². The molecule has 0 spiro atoms. The first kappa shape index (κ1) is 11.4. The SMILES string of the molecule is COc1cc(C)c(-c2cnc(N)n3cnnc23)cn1. The fraction of sp³-hybridized carbons (Fsp3) is 0.167. The molecule has 19 heavy (non-hydrogen) atoms. The van der Waals surface area contributed by atoms with Crippen LogP contribution in [0.25, 0.3) is 16.8 Å². The van der Waals surface area contributed by atoms with Crippen molar-refractivity contribution >= 4 is 11.6 Å². The van der Waals surface area contributed by atoms with E-state index >= 15 is 0 Å². The van der Waals surface area contributed by atoms with Gasteiger partial charge in [0.05, 0.1) is 7.11 Å². The average molecular weight is 256 g/mol. The third kappa shape index (κ3) is 1.75. The van der Waals surface area contributed by atoms with Gasteiger partial charge in [-0.05, 0) is 12.5 Å². The Labute approximate surface area is 109 Å². The lowest BCUT2D eigenvalue weighted by atomic mass is 10.1. The summed E-state index contributed by atoms with van der Waals surface area (Å²) >= 11 is 0. The topological polar surface area (TPSA) is 91.2 Å². The predicted molar refractivity (Wildman–Crippen MR) is 69.7 cm³/mol. The van der Waals surface area contributed by atoms with Gasteiger partial charge < -0.3 is 10.5 Å². The highest BCUT2D eigenvalue weighted by Crippen LogP contribution is 2.27. The van der Waals surface area contributed by atoms with Crippen molar-refractivity contribution < 1.29 is 4.74 Å². The van der Waals surface area contributed by atoms with Crippen molar-refractivity contribution in [2.24, 2.45) is 0 Å².